The first kappa shape index (κ1) is 16.7. The fourth-order valence-electron chi connectivity index (χ4n) is 3.31. The number of amides is 4. The zero-order valence-electron chi connectivity index (χ0n) is 13.8. The Kier molecular flexibility index (Phi) is 4.75. The first-order valence-corrected chi connectivity index (χ1v) is 8.01. The Bertz CT molecular complexity index is 465. The second-order valence-electron chi connectivity index (χ2n) is 6.38. The predicted octanol–water partition coefficient (Wildman–Crippen LogP) is 0.306. The largest absolute Gasteiger partial charge is 0.338 e. The van der Waals surface area contributed by atoms with Crippen LogP contribution in [0.1, 0.15) is 40.5 Å². The SMILES string of the molecule is CCC1(CC)NC(=O)N(CC(=O)N2C[C@@H](C)N[C@H](C)C2)C1=O. The van der Waals surface area contributed by atoms with Crippen LogP contribution in [0.25, 0.3) is 0 Å². The van der Waals surface area contributed by atoms with Gasteiger partial charge < -0.3 is 15.5 Å². The quantitative estimate of drug-likeness (QED) is 0.732. The monoisotopic (exact) mass is 310 g/mol. The Morgan fingerprint density at radius 2 is 1.73 bits per heavy atom. The van der Waals surface area contributed by atoms with Crippen LogP contribution in [0, 0.1) is 0 Å². The predicted molar refractivity (Wildman–Crippen MR) is 82.2 cm³/mol. The van der Waals surface area contributed by atoms with Crippen LogP contribution in [0.5, 0.6) is 0 Å². The van der Waals surface area contributed by atoms with Crippen molar-refractivity contribution in [3.05, 3.63) is 0 Å². The molecule has 0 aromatic heterocycles. The van der Waals surface area contributed by atoms with Crippen molar-refractivity contribution in [1.29, 1.82) is 0 Å². The molecule has 2 aliphatic heterocycles. The number of nitrogens with one attached hydrogen (secondary N) is 2. The molecule has 2 atom stereocenters. The van der Waals surface area contributed by atoms with Gasteiger partial charge in [0.25, 0.3) is 5.91 Å². The molecule has 2 aliphatic rings. The standard InChI is InChI=1S/C15H26N4O3/c1-5-15(6-2)13(21)19(14(22)17-15)9-12(20)18-7-10(3)16-11(4)8-18/h10-11,16H,5-9H2,1-4H3,(H,17,22)/t10-,11-/m1/s1. The van der Waals surface area contributed by atoms with Crippen molar-refractivity contribution in [1.82, 2.24) is 20.4 Å². The van der Waals surface area contributed by atoms with E-state index in [1.807, 2.05) is 27.7 Å². The summed E-state index contributed by atoms with van der Waals surface area (Å²) in [7, 11) is 0. The molecule has 2 heterocycles. The lowest BCUT2D eigenvalue weighted by atomic mass is 9.93. The Morgan fingerprint density at radius 3 is 2.18 bits per heavy atom. The number of imide groups is 1. The third kappa shape index (κ3) is 2.95. The maximum Gasteiger partial charge on any atom is 0.325 e. The minimum Gasteiger partial charge on any atom is -0.338 e. The zero-order chi connectivity index (χ0) is 16.5. The van der Waals surface area contributed by atoms with E-state index in [1.165, 1.54) is 0 Å². The molecule has 4 amide bonds. The number of hydrogen-bond acceptors (Lipinski definition) is 4. The van der Waals surface area contributed by atoms with Crippen LogP contribution in [-0.4, -0.2) is 64.9 Å². The Labute approximate surface area is 131 Å². The number of rotatable bonds is 4. The molecule has 7 heteroatoms. The van der Waals surface area contributed by atoms with Gasteiger partial charge in [-0.25, -0.2) is 4.79 Å². The van der Waals surface area contributed by atoms with E-state index in [4.69, 9.17) is 0 Å². The molecule has 124 valence electrons. The summed E-state index contributed by atoms with van der Waals surface area (Å²) >= 11 is 0. The molecular weight excluding hydrogens is 284 g/mol. The molecule has 2 fully saturated rings. The van der Waals surface area contributed by atoms with Gasteiger partial charge in [-0.1, -0.05) is 13.8 Å². The van der Waals surface area contributed by atoms with Crippen LogP contribution >= 0.6 is 0 Å². The van der Waals surface area contributed by atoms with E-state index in [-0.39, 0.29) is 30.4 Å². The molecule has 0 radical (unpaired) electrons. The van der Waals surface area contributed by atoms with Gasteiger partial charge in [-0.2, -0.15) is 0 Å². The topological polar surface area (TPSA) is 81.8 Å². The first-order valence-electron chi connectivity index (χ1n) is 8.01. The smallest absolute Gasteiger partial charge is 0.325 e. The molecule has 0 unspecified atom stereocenters. The van der Waals surface area contributed by atoms with Gasteiger partial charge in [0.2, 0.25) is 5.91 Å². The van der Waals surface area contributed by atoms with E-state index in [0.29, 0.717) is 25.9 Å². The van der Waals surface area contributed by atoms with Gasteiger partial charge in [-0.05, 0) is 26.7 Å². The van der Waals surface area contributed by atoms with Crippen LogP contribution in [0.4, 0.5) is 4.79 Å². The Hall–Kier alpha value is -1.63. The Balaban J connectivity index is 2.05. The van der Waals surface area contributed by atoms with Crippen molar-refractivity contribution >= 4 is 17.8 Å². The summed E-state index contributed by atoms with van der Waals surface area (Å²) in [6.45, 7) is 8.79. The van der Waals surface area contributed by atoms with Crippen LogP contribution < -0.4 is 10.6 Å². The summed E-state index contributed by atoms with van der Waals surface area (Å²) in [4.78, 5) is 39.8. The summed E-state index contributed by atoms with van der Waals surface area (Å²) in [6, 6.07) is -0.0411. The molecule has 0 bridgehead atoms. The average molecular weight is 310 g/mol. The van der Waals surface area contributed by atoms with E-state index in [2.05, 4.69) is 10.6 Å². The number of piperazine rings is 1. The van der Waals surface area contributed by atoms with Gasteiger partial charge in [0, 0.05) is 25.2 Å². The minimum absolute atomic E-state index is 0.174. The van der Waals surface area contributed by atoms with Gasteiger partial charge >= 0.3 is 6.03 Å². The summed E-state index contributed by atoms with van der Waals surface area (Å²) in [5.74, 6) is -0.459. The van der Waals surface area contributed by atoms with E-state index in [1.54, 1.807) is 4.90 Å². The number of carbonyl (C=O) groups excluding carboxylic acids is 3. The lowest BCUT2D eigenvalue weighted by molar-refractivity contribution is -0.140. The molecule has 0 aliphatic carbocycles. The van der Waals surface area contributed by atoms with E-state index in [9.17, 15) is 14.4 Å². The van der Waals surface area contributed by atoms with E-state index in [0.717, 1.165) is 4.90 Å². The molecule has 0 spiro atoms. The summed E-state index contributed by atoms with van der Waals surface area (Å²) < 4.78 is 0. The average Bonchev–Trinajstić information content (AvgIpc) is 2.70. The van der Waals surface area contributed by atoms with Gasteiger partial charge in [-0.3, -0.25) is 14.5 Å². The number of urea groups is 1. The molecular formula is C15H26N4O3. The van der Waals surface area contributed by atoms with Gasteiger partial charge in [0.15, 0.2) is 0 Å². The summed E-state index contributed by atoms with van der Waals surface area (Å²) in [5, 5.41) is 6.10. The highest BCUT2D eigenvalue weighted by Crippen LogP contribution is 2.24. The van der Waals surface area contributed by atoms with Crippen molar-refractivity contribution < 1.29 is 14.4 Å². The number of nitrogens with zero attached hydrogens (tertiary/aromatic N) is 2. The normalized spacial score (nSPS) is 28.0. The third-order valence-corrected chi connectivity index (χ3v) is 4.66. The highest BCUT2D eigenvalue weighted by Gasteiger charge is 2.49. The zero-order valence-corrected chi connectivity index (χ0v) is 13.8. The summed E-state index contributed by atoms with van der Waals surface area (Å²) in [6.07, 6.45) is 1.06. The second-order valence-corrected chi connectivity index (χ2v) is 6.38. The number of carbonyl (C=O) groups is 3. The molecule has 2 N–H and O–H groups in total. The van der Waals surface area contributed by atoms with Crippen molar-refractivity contribution in [3.63, 3.8) is 0 Å². The third-order valence-electron chi connectivity index (χ3n) is 4.66. The molecule has 22 heavy (non-hydrogen) atoms. The molecule has 0 aromatic rings. The van der Waals surface area contributed by atoms with E-state index >= 15 is 0 Å². The van der Waals surface area contributed by atoms with Crippen molar-refractivity contribution in [2.75, 3.05) is 19.6 Å². The molecule has 7 nitrogen and oxygen atoms in total. The van der Waals surface area contributed by atoms with Gasteiger partial charge in [-0.15, -0.1) is 0 Å². The van der Waals surface area contributed by atoms with Crippen molar-refractivity contribution in [2.45, 2.75) is 58.2 Å². The minimum atomic E-state index is -0.846. The van der Waals surface area contributed by atoms with Crippen molar-refractivity contribution in [2.24, 2.45) is 0 Å². The van der Waals surface area contributed by atoms with Crippen molar-refractivity contribution in [3.8, 4) is 0 Å². The maximum absolute atomic E-state index is 12.5. The maximum atomic E-state index is 12.5. The highest BCUT2D eigenvalue weighted by molar-refractivity contribution is 6.08. The Morgan fingerprint density at radius 1 is 1.18 bits per heavy atom. The second kappa shape index (κ2) is 6.24. The highest BCUT2D eigenvalue weighted by atomic mass is 16.2. The van der Waals surface area contributed by atoms with Crippen LogP contribution in [0.3, 0.4) is 0 Å². The van der Waals surface area contributed by atoms with E-state index < -0.39 is 11.6 Å². The van der Waals surface area contributed by atoms with Gasteiger partial charge in [0.1, 0.15) is 12.1 Å². The number of hydrogen-bond donors (Lipinski definition) is 2. The lowest BCUT2D eigenvalue weighted by Gasteiger charge is -2.36. The van der Waals surface area contributed by atoms with Crippen LogP contribution in [0.15, 0.2) is 0 Å². The van der Waals surface area contributed by atoms with Crippen LogP contribution in [-0.2, 0) is 9.59 Å². The molecule has 2 saturated heterocycles. The molecule has 0 aromatic carbocycles. The fraction of sp³-hybridized carbons (Fsp3) is 0.800. The summed E-state index contributed by atoms with van der Waals surface area (Å²) in [5.41, 5.74) is -0.846. The van der Waals surface area contributed by atoms with Crippen LogP contribution in [0.2, 0.25) is 0 Å². The lowest BCUT2D eigenvalue weighted by Crippen LogP contribution is -2.57. The molecule has 2 rings (SSSR count). The van der Waals surface area contributed by atoms with Gasteiger partial charge in [0.05, 0.1) is 0 Å². The molecule has 0 saturated carbocycles. The fourth-order valence-corrected chi connectivity index (χ4v) is 3.31. The first-order chi connectivity index (χ1) is 10.3.